The molecule has 1 amide bonds. The summed E-state index contributed by atoms with van der Waals surface area (Å²) in [5.74, 6) is 1.41. The van der Waals surface area contributed by atoms with Crippen LogP contribution in [0.1, 0.15) is 19.3 Å². The van der Waals surface area contributed by atoms with Crippen LogP contribution in [0.25, 0.3) is 11.3 Å². The van der Waals surface area contributed by atoms with Gasteiger partial charge in [-0.2, -0.15) is 5.10 Å². The van der Waals surface area contributed by atoms with Crippen molar-refractivity contribution in [3.8, 4) is 17.0 Å². The fraction of sp³-hybridized carbons (Fsp3) is 0.524. The largest absolute Gasteiger partial charge is 0.492 e. The van der Waals surface area contributed by atoms with Crippen LogP contribution >= 0.6 is 15.9 Å². The van der Waals surface area contributed by atoms with Gasteiger partial charge in [0.15, 0.2) is 0 Å². The van der Waals surface area contributed by atoms with E-state index in [1.165, 1.54) is 0 Å². The van der Waals surface area contributed by atoms with E-state index < -0.39 is 0 Å². The van der Waals surface area contributed by atoms with Gasteiger partial charge in [0.1, 0.15) is 12.4 Å². The number of halogens is 1. The Balaban J connectivity index is 1.50. The van der Waals surface area contributed by atoms with Crippen molar-refractivity contribution in [2.24, 2.45) is 13.0 Å². The van der Waals surface area contributed by atoms with E-state index in [2.05, 4.69) is 31.2 Å². The van der Waals surface area contributed by atoms with Crippen LogP contribution in [-0.4, -0.2) is 60.0 Å². The summed E-state index contributed by atoms with van der Waals surface area (Å²) in [5, 5.41) is 7.36. The van der Waals surface area contributed by atoms with Gasteiger partial charge in [-0.1, -0.05) is 0 Å². The van der Waals surface area contributed by atoms with Gasteiger partial charge in [-0.15, -0.1) is 0 Å². The van der Waals surface area contributed by atoms with Crippen LogP contribution in [0, 0.1) is 5.92 Å². The molecule has 0 atom stereocenters. The van der Waals surface area contributed by atoms with Gasteiger partial charge in [0, 0.05) is 44.4 Å². The molecule has 2 heterocycles. The highest BCUT2D eigenvalue weighted by Gasteiger charge is 2.24. The first-order chi connectivity index (χ1) is 14.1. The highest BCUT2D eigenvalue weighted by Crippen LogP contribution is 2.37. The normalized spacial score (nSPS) is 17.3. The molecule has 1 aliphatic carbocycles. The molecule has 1 aliphatic heterocycles. The number of morpholine rings is 1. The molecule has 0 unspecified atom stereocenters. The van der Waals surface area contributed by atoms with Gasteiger partial charge in [-0.25, -0.2) is 0 Å². The van der Waals surface area contributed by atoms with Crippen LogP contribution in [0.2, 0.25) is 0 Å². The van der Waals surface area contributed by atoms with Crippen molar-refractivity contribution in [3.63, 3.8) is 0 Å². The molecule has 2 aromatic rings. The Bertz CT molecular complexity index is 840. The molecule has 2 fully saturated rings. The number of benzene rings is 1. The maximum atomic E-state index is 12.2. The molecule has 1 N–H and O–H groups in total. The molecule has 4 rings (SSSR count). The van der Waals surface area contributed by atoms with E-state index >= 15 is 0 Å². The third-order valence-corrected chi connectivity index (χ3v) is 5.93. The highest BCUT2D eigenvalue weighted by atomic mass is 79.9. The lowest BCUT2D eigenvalue weighted by molar-refractivity contribution is -0.116. The number of rotatable bonds is 8. The van der Waals surface area contributed by atoms with Gasteiger partial charge in [0.25, 0.3) is 0 Å². The Morgan fingerprint density at radius 2 is 2.14 bits per heavy atom. The molecule has 1 saturated heterocycles. The molecule has 7 nitrogen and oxygen atoms in total. The van der Waals surface area contributed by atoms with E-state index in [4.69, 9.17) is 9.47 Å². The molecule has 29 heavy (non-hydrogen) atoms. The molecular formula is C21H27BrN4O3. The SMILES string of the molecule is Cn1ncc(Br)c1-c1cc(NC(=O)CC2CC2)ccc1OCCN1CCOCC1. The van der Waals surface area contributed by atoms with E-state index in [9.17, 15) is 4.79 Å². The van der Waals surface area contributed by atoms with E-state index in [1.54, 1.807) is 6.20 Å². The van der Waals surface area contributed by atoms with Gasteiger partial charge in [-0.05, 0) is 52.9 Å². The number of aromatic nitrogens is 2. The Morgan fingerprint density at radius 1 is 1.34 bits per heavy atom. The molecule has 156 valence electrons. The minimum Gasteiger partial charge on any atom is -0.492 e. The molecule has 0 spiro atoms. The topological polar surface area (TPSA) is 68.6 Å². The highest BCUT2D eigenvalue weighted by molar-refractivity contribution is 9.10. The molecule has 8 heteroatoms. The zero-order valence-corrected chi connectivity index (χ0v) is 18.3. The maximum Gasteiger partial charge on any atom is 0.224 e. The lowest BCUT2D eigenvalue weighted by atomic mass is 10.1. The van der Waals surface area contributed by atoms with Crippen molar-refractivity contribution in [1.29, 1.82) is 0 Å². The number of carbonyl (C=O) groups excluding carboxylic acids is 1. The number of aryl methyl sites for hydroxylation is 1. The molecule has 1 saturated carbocycles. The second kappa shape index (κ2) is 9.28. The molecule has 1 aromatic carbocycles. The van der Waals surface area contributed by atoms with Crippen LogP contribution in [0.3, 0.4) is 0 Å². The van der Waals surface area contributed by atoms with Crippen LogP contribution < -0.4 is 10.1 Å². The number of hydrogen-bond acceptors (Lipinski definition) is 5. The lowest BCUT2D eigenvalue weighted by Crippen LogP contribution is -2.38. The fourth-order valence-electron chi connectivity index (χ4n) is 3.54. The Labute approximate surface area is 179 Å². The smallest absolute Gasteiger partial charge is 0.224 e. The number of hydrogen-bond donors (Lipinski definition) is 1. The second-order valence-corrected chi connectivity index (χ2v) is 8.53. The predicted octanol–water partition coefficient (Wildman–Crippen LogP) is 3.30. The van der Waals surface area contributed by atoms with E-state index in [0.29, 0.717) is 18.9 Å². The lowest BCUT2D eigenvalue weighted by Gasteiger charge is -2.26. The number of ether oxygens (including phenoxy) is 2. The molecular weight excluding hydrogens is 436 g/mol. The first-order valence-corrected chi connectivity index (χ1v) is 10.9. The van der Waals surface area contributed by atoms with Crippen molar-refractivity contribution in [2.45, 2.75) is 19.3 Å². The van der Waals surface area contributed by atoms with E-state index in [0.717, 1.165) is 72.9 Å². The van der Waals surface area contributed by atoms with E-state index in [-0.39, 0.29) is 5.91 Å². The minimum absolute atomic E-state index is 0.0727. The zero-order chi connectivity index (χ0) is 20.2. The van der Waals surface area contributed by atoms with Crippen LogP contribution in [0.15, 0.2) is 28.9 Å². The first kappa shape index (κ1) is 20.4. The molecule has 0 radical (unpaired) electrons. The monoisotopic (exact) mass is 462 g/mol. The summed E-state index contributed by atoms with van der Waals surface area (Å²) in [4.78, 5) is 14.6. The standard InChI is InChI=1S/C21H27BrN4O3/c1-25-21(18(22)14-23-25)17-13-16(24-20(27)12-15-2-3-15)4-5-19(17)29-11-8-26-6-9-28-10-7-26/h4-5,13-15H,2-3,6-12H2,1H3,(H,24,27). The summed E-state index contributed by atoms with van der Waals surface area (Å²) in [6, 6.07) is 5.81. The van der Waals surface area contributed by atoms with Gasteiger partial charge in [0.2, 0.25) is 5.91 Å². The maximum absolute atomic E-state index is 12.2. The average Bonchev–Trinajstić information content (AvgIpc) is 3.46. The second-order valence-electron chi connectivity index (χ2n) is 7.67. The summed E-state index contributed by atoms with van der Waals surface area (Å²) in [6.07, 6.45) is 4.70. The van der Waals surface area contributed by atoms with Crippen LogP contribution in [0.4, 0.5) is 5.69 Å². The Morgan fingerprint density at radius 3 is 2.83 bits per heavy atom. The molecule has 2 aliphatic rings. The van der Waals surface area contributed by atoms with E-state index in [1.807, 2.05) is 29.9 Å². The summed E-state index contributed by atoms with van der Waals surface area (Å²) in [5.41, 5.74) is 2.60. The fourth-order valence-corrected chi connectivity index (χ4v) is 4.10. The summed E-state index contributed by atoms with van der Waals surface area (Å²) < 4.78 is 14.2. The number of amides is 1. The third kappa shape index (κ3) is 5.38. The van der Waals surface area contributed by atoms with Crippen molar-refractivity contribution in [1.82, 2.24) is 14.7 Å². The van der Waals surface area contributed by atoms with Gasteiger partial charge in [0.05, 0.1) is 29.6 Å². The van der Waals surface area contributed by atoms with Crippen molar-refractivity contribution in [3.05, 3.63) is 28.9 Å². The number of anilines is 1. The minimum atomic E-state index is 0.0727. The predicted molar refractivity (Wildman–Crippen MR) is 115 cm³/mol. The quantitative estimate of drug-likeness (QED) is 0.651. The number of nitrogens with one attached hydrogen (secondary N) is 1. The number of carbonyl (C=O) groups is 1. The van der Waals surface area contributed by atoms with Crippen molar-refractivity contribution in [2.75, 3.05) is 44.8 Å². The molecule has 0 bridgehead atoms. The van der Waals surface area contributed by atoms with Gasteiger partial charge < -0.3 is 14.8 Å². The molecule has 1 aromatic heterocycles. The van der Waals surface area contributed by atoms with Crippen LogP contribution in [-0.2, 0) is 16.6 Å². The van der Waals surface area contributed by atoms with Gasteiger partial charge >= 0.3 is 0 Å². The number of nitrogens with zero attached hydrogens (tertiary/aromatic N) is 3. The summed E-state index contributed by atoms with van der Waals surface area (Å²) in [7, 11) is 1.90. The Hall–Kier alpha value is -1.90. The van der Waals surface area contributed by atoms with Crippen molar-refractivity contribution >= 4 is 27.5 Å². The first-order valence-electron chi connectivity index (χ1n) is 10.1. The average molecular weight is 463 g/mol. The Kier molecular flexibility index (Phi) is 6.52. The zero-order valence-electron chi connectivity index (χ0n) is 16.7. The van der Waals surface area contributed by atoms with Crippen molar-refractivity contribution < 1.29 is 14.3 Å². The van der Waals surface area contributed by atoms with Gasteiger partial charge in [-0.3, -0.25) is 14.4 Å². The summed E-state index contributed by atoms with van der Waals surface area (Å²) in [6.45, 7) is 4.89. The third-order valence-electron chi connectivity index (χ3n) is 5.35. The summed E-state index contributed by atoms with van der Waals surface area (Å²) >= 11 is 3.59. The van der Waals surface area contributed by atoms with Crippen LogP contribution in [0.5, 0.6) is 5.75 Å².